The minimum absolute atomic E-state index is 0.0642. The lowest BCUT2D eigenvalue weighted by molar-refractivity contribution is 0.665. The van der Waals surface area contributed by atoms with Crippen molar-refractivity contribution in [1.29, 1.82) is 0 Å². The zero-order valence-corrected chi connectivity index (χ0v) is 11.0. The first-order chi connectivity index (χ1) is 9.15. The maximum atomic E-state index is 12.2. The third-order valence-electron chi connectivity index (χ3n) is 3.33. The maximum Gasteiger partial charge on any atom is 0.264 e. The molecule has 0 spiro atoms. The van der Waals surface area contributed by atoms with Gasteiger partial charge in [-0.1, -0.05) is 6.58 Å². The Labute approximate surface area is 110 Å². The van der Waals surface area contributed by atoms with E-state index in [-0.39, 0.29) is 5.56 Å². The lowest BCUT2D eigenvalue weighted by atomic mass is 10.3. The van der Waals surface area contributed by atoms with Crippen LogP contribution in [0.2, 0.25) is 0 Å². The van der Waals surface area contributed by atoms with Gasteiger partial charge in [0, 0.05) is 26.2 Å². The first kappa shape index (κ1) is 12.1. The van der Waals surface area contributed by atoms with Gasteiger partial charge in [-0.25, -0.2) is 4.98 Å². The van der Waals surface area contributed by atoms with Crippen molar-refractivity contribution in [2.24, 2.45) is 7.05 Å². The van der Waals surface area contributed by atoms with Gasteiger partial charge >= 0.3 is 0 Å². The van der Waals surface area contributed by atoms with Gasteiger partial charge in [-0.15, -0.1) is 0 Å². The van der Waals surface area contributed by atoms with Crippen LogP contribution in [-0.4, -0.2) is 31.9 Å². The van der Waals surface area contributed by atoms with Crippen LogP contribution < -0.4 is 10.9 Å². The first-order valence-corrected chi connectivity index (χ1v) is 6.42. The number of nitrogens with one attached hydrogen (secondary N) is 1. The molecule has 0 bridgehead atoms. The molecule has 1 fully saturated rings. The minimum Gasteiger partial charge on any atom is -0.310 e. The topological polar surface area (TPSA) is 64.7 Å². The fourth-order valence-electron chi connectivity index (χ4n) is 2.05. The molecule has 0 aliphatic heterocycles. The van der Waals surface area contributed by atoms with Crippen LogP contribution in [0.3, 0.4) is 0 Å². The SMILES string of the molecule is C=C(CNC1CC1)Cn1cnc2c(cnn2C)c1=O. The van der Waals surface area contributed by atoms with Crippen molar-refractivity contribution in [2.45, 2.75) is 25.4 Å². The van der Waals surface area contributed by atoms with Crippen LogP contribution in [0.5, 0.6) is 0 Å². The molecule has 0 saturated heterocycles. The summed E-state index contributed by atoms with van der Waals surface area (Å²) < 4.78 is 3.19. The molecule has 1 aliphatic carbocycles. The van der Waals surface area contributed by atoms with E-state index in [2.05, 4.69) is 22.0 Å². The molecule has 0 atom stereocenters. The molecular formula is C13H17N5O. The summed E-state index contributed by atoms with van der Waals surface area (Å²) >= 11 is 0. The molecule has 6 nitrogen and oxygen atoms in total. The molecule has 2 aromatic heterocycles. The van der Waals surface area contributed by atoms with Crippen molar-refractivity contribution >= 4 is 11.0 Å². The van der Waals surface area contributed by atoms with Crippen LogP contribution >= 0.6 is 0 Å². The van der Waals surface area contributed by atoms with Gasteiger partial charge < -0.3 is 5.32 Å². The Bertz CT molecular complexity index is 680. The van der Waals surface area contributed by atoms with Crippen LogP contribution in [0.1, 0.15) is 12.8 Å². The van der Waals surface area contributed by atoms with E-state index in [1.807, 2.05) is 0 Å². The van der Waals surface area contributed by atoms with Gasteiger partial charge in [-0.2, -0.15) is 5.10 Å². The van der Waals surface area contributed by atoms with Crippen molar-refractivity contribution in [3.63, 3.8) is 0 Å². The van der Waals surface area contributed by atoms with Gasteiger partial charge in [0.05, 0.1) is 6.20 Å². The van der Waals surface area contributed by atoms with Crippen molar-refractivity contribution in [3.05, 3.63) is 35.0 Å². The molecule has 1 N–H and O–H groups in total. The number of hydrogen-bond acceptors (Lipinski definition) is 4. The second kappa shape index (κ2) is 4.62. The summed E-state index contributed by atoms with van der Waals surface area (Å²) in [6.45, 7) is 5.25. The van der Waals surface area contributed by atoms with E-state index in [1.54, 1.807) is 28.8 Å². The zero-order chi connectivity index (χ0) is 13.4. The summed E-state index contributed by atoms with van der Waals surface area (Å²) in [6.07, 6.45) is 5.62. The van der Waals surface area contributed by atoms with Crippen LogP contribution in [0.15, 0.2) is 29.5 Å². The Morgan fingerprint density at radius 3 is 3.11 bits per heavy atom. The van der Waals surface area contributed by atoms with Crippen LogP contribution in [-0.2, 0) is 13.6 Å². The van der Waals surface area contributed by atoms with E-state index in [4.69, 9.17) is 0 Å². The highest BCUT2D eigenvalue weighted by atomic mass is 16.1. The number of fused-ring (bicyclic) bond motifs is 1. The normalized spacial score (nSPS) is 15.0. The first-order valence-electron chi connectivity index (χ1n) is 6.42. The average molecular weight is 259 g/mol. The van der Waals surface area contributed by atoms with Crippen molar-refractivity contribution in [2.75, 3.05) is 6.54 Å². The molecule has 0 amide bonds. The Balaban J connectivity index is 1.78. The van der Waals surface area contributed by atoms with Crippen LogP contribution in [0, 0.1) is 0 Å². The van der Waals surface area contributed by atoms with E-state index < -0.39 is 0 Å². The molecule has 1 aliphatic rings. The standard InChI is InChI=1S/C13H17N5O/c1-9(5-14-10-3-4-10)7-18-8-15-12-11(13(18)19)6-16-17(12)2/h6,8,10,14H,1,3-5,7H2,2H3. The molecule has 2 aromatic rings. The highest BCUT2D eigenvalue weighted by Crippen LogP contribution is 2.18. The Morgan fingerprint density at radius 1 is 1.58 bits per heavy atom. The zero-order valence-electron chi connectivity index (χ0n) is 11.0. The number of hydrogen-bond donors (Lipinski definition) is 1. The molecule has 3 rings (SSSR count). The third kappa shape index (κ3) is 2.44. The van der Waals surface area contributed by atoms with Crippen molar-refractivity contribution in [1.82, 2.24) is 24.6 Å². The van der Waals surface area contributed by atoms with E-state index >= 15 is 0 Å². The predicted octanol–water partition coefficient (Wildman–Crippen LogP) is 0.438. The summed E-state index contributed by atoms with van der Waals surface area (Å²) in [5, 5.41) is 7.99. The number of aryl methyl sites for hydroxylation is 1. The highest BCUT2D eigenvalue weighted by Gasteiger charge is 2.20. The van der Waals surface area contributed by atoms with Crippen molar-refractivity contribution in [3.8, 4) is 0 Å². The Kier molecular flexibility index (Phi) is 2.94. The van der Waals surface area contributed by atoms with E-state index in [9.17, 15) is 4.79 Å². The minimum atomic E-state index is -0.0642. The molecular weight excluding hydrogens is 242 g/mol. The molecule has 0 aromatic carbocycles. The Hall–Kier alpha value is -1.95. The summed E-state index contributed by atoms with van der Waals surface area (Å²) in [7, 11) is 1.78. The second-order valence-corrected chi connectivity index (χ2v) is 5.09. The van der Waals surface area contributed by atoms with E-state index in [0.717, 1.165) is 12.1 Å². The summed E-state index contributed by atoms with van der Waals surface area (Å²) in [5.74, 6) is 0. The summed E-state index contributed by atoms with van der Waals surface area (Å²) in [6, 6.07) is 0.646. The largest absolute Gasteiger partial charge is 0.310 e. The molecule has 0 radical (unpaired) electrons. The summed E-state index contributed by atoms with van der Waals surface area (Å²) in [4.78, 5) is 16.5. The average Bonchev–Trinajstić information content (AvgIpc) is 3.14. The fourth-order valence-corrected chi connectivity index (χ4v) is 2.05. The molecule has 1 saturated carbocycles. The summed E-state index contributed by atoms with van der Waals surface area (Å²) in [5.41, 5.74) is 1.53. The quantitative estimate of drug-likeness (QED) is 0.791. The fraction of sp³-hybridized carbons (Fsp3) is 0.462. The Morgan fingerprint density at radius 2 is 2.37 bits per heavy atom. The predicted molar refractivity (Wildman–Crippen MR) is 72.9 cm³/mol. The third-order valence-corrected chi connectivity index (χ3v) is 3.33. The molecule has 2 heterocycles. The second-order valence-electron chi connectivity index (χ2n) is 5.09. The molecule has 6 heteroatoms. The number of rotatable bonds is 5. The smallest absolute Gasteiger partial charge is 0.264 e. The number of aromatic nitrogens is 4. The van der Waals surface area contributed by atoms with Gasteiger partial charge in [0.1, 0.15) is 11.7 Å². The molecule has 0 unspecified atom stereocenters. The van der Waals surface area contributed by atoms with Crippen molar-refractivity contribution < 1.29 is 0 Å². The maximum absolute atomic E-state index is 12.2. The molecule has 19 heavy (non-hydrogen) atoms. The molecule has 100 valence electrons. The van der Waals surface area contributed by atoms with Gasteiger partial charge in [0.2, 0.25) is 0 Å². The lowest BCUT2D eigenvalue weighted by Crippen LogP contribution is -2.25. The monoisotopic (exact) mass is 259 g/mol. The van der Waals surface area contributed by atoms with Gasteiger partial charge in [-0.3, -0.25) is 14.0 Å². The van der Waals surface area contributed by atoms with Crippen LogP contribution in [0.25, 0.3) is 11.0 Å². The number of nitrogens with zero attached hydrogens (tertiary/aromatic N) is 4. The van der Waals surface area contributed by atoms with Crippen LogP contribution in [0.4, 0.5) is 0 Å². The lowest BCUT2D eigenvalue weighted by Gasteiger charge is -2.09. The van der Waals surface area contributed by atoms with E-state index in [0.29, 0.717) is 23.6 Å². The van der Waals surface area contributed by atoms with E-state index in [1.165, 1.54) is 12.8 Å². The van der Waals surface area contributed by atoms with Gasteiger partial charge in [0.15, 0.2) is 5.65 Å². The van der Waals surface area contributed by atoms with Gasteiger partial charge in [0.25, 0.3) is 5.56 Å². The van der Waals surface area contributed by atoms with Gasteiger partial charge in [-0.05, 0) is 18.4 Å². The highest BCUT2D eigenvalue weighted by molar-refractivity contribution is 5.72.